The number of carbonyl (C=O) groups excluding carboxylic acids is 1. The highest BCUT2D eigenvalue weighted by atomic mass is 16.5. The average molecular weight is 214 g/mol. The van der Waals surface area contributed by atoms with E-state index >= 15 is 0 Å². The molecule has 0 spiro atoms. The third-order valence-electron chi connectivity index (χ3n) is 3.62. The number of carbonyl (C=O) groups is 1. The lowest BCUT2D eigenvalue weighted by molar-refractivity contribution is -0.167. The molecule has 0 aliphatic rings. The van der Waals surface area contributed by atoms with Crippen LogP contribution in [0, 0.1) is 16.7 Å². The fourth-order valence-electron chi connectivity index (χ4n) is 0.758. The minimum atomic E-state index is -0.448. The zero-order valence-corrected chi connectivity index (χ0v) is 11.5. The molecule has 2 heteroatoms. The first-order chi connectivity index (χ1) is 6.50. The molecular formula is C13H26O2. The summed E-state index contributed by atoms with van der Waals surface area (Å²) < 4.78 is 5.46. The standard InChI is InChI=1S/C13H26O2/c1-9(2)10(3)15-11(14)13(7,8)12(4,5)6/h9-10H,1-8H3. The van der Waals surface area contributed by atoms with Crippen LogP contribution in [0.1, 0.15) is 55.4 Å². The van der Waals surface area contributed by atoms with Crippen LogP contribution in [0.15, 0.2) is 0 Å². The predicted octanol–water partition coefficient (Wildman–Crippen LogP) is 3.65. The molecule has 0 aromatic rings. The van der Waals surface area contributed by atoms with Crippen LogP contribution in [-0.2, 0) is 9.53 Å². The van der Waals surface area contributed by atoms with Crippen molar-refractivity contribution in [2.45, 2.75) is 61.5 Å². The molecule has 0 N–H and O–H groups in total. The zero-order valence-electron chi connectivity index (χ0n) is 11.5. The molecule has 0 radical (unpaired) electrons. The van der Waals surface area contributed by atoms with Gasteiger partial charge in [0.05, 0.1) is 5.41 Å². The molecular weight excluding hydrogens is 188 g/mol. The fourth-order valence-corrected chi connectivity index (χ4v) is 0.758. The second-order valence-electron chi connectivity index (χ2n) is 6.23. The predicted molar refractivity (Wildman–Crippen MR) is 63.6 cm³/mol. The van der Waals surface area contributed by atoms with Gasteiger partial charge in [0, 0.05) is 0 Å². The largest absolute Gasteiger partial charge is 0.462 e. The van der Waals surface area contributed by atoms with Gasteiger partial charge in [0.25, 0.3) is 0 Å². The van der Waals surface area contributed by atoms with Crippen molar-refractivity contribution in [3.05, 3.63) is 0 Å². The second kappa shape index (κ2) is 4.54. The summed E-state index contributed by atoms with van der Waals surface area (Å²) >= 11 is 0. The van der Waals surface area contributed by atoms with Crippen LogP contribution in [0.2, 0.25) is 0 Å². The highest BCUT2D eigenvalue weighted by Crippen LogP contribution is 2.39. The molecule has 0 saturated carbocycles. The van der Waals surface area contributed by atoms with Crippen molar-refractivity contribution < 1.29 is 9.53 Å². The molecule has 0 bridgehead atoms. The number of hydrogen-bond donors (Lipinski definition) is 0. The van der Waals surface area contributed by atoms with Gasteiger partial charge in [-0.25, -0.2) is 0 Å². The van der Waals surface area contributed by atoms with E-state index in [1.54, 1.807) is 0 Å². The Balaban J connectivity index is 4.59. The normalized spacial score (nSPS) is 15.3. The topological polar surface area (TPSA) is 26.3 Å². The third kappa shape index (κ3) is 3.51. The number of rotatable bonds is 3. The summed E-state index contributed by atoms with van der Waals surface area (Å²) in [6.07, 6.45) is -0.0147. The Labute approximate surface area is 94.4 Å². The average Bonchev–Trinajstić information content (AvgIpc) is 2.01. The Morgan fingerprint density at radius 2 is 1.40 bits per heavy atom. The van der Waals surface area contributed by atoms with Gasteiger partial charge in [0.15, 0.2) is 0 Å². The molecule has 0 aromatic carbocycles. The van der Waals surface area contributed by atoms with Gasteiger partial charge in [-0.1, -0.05) is 34.6 Å². The molecule has 2 nitrogen and oxygen atoms in total. The highest BCUT2D eigenvalue weighted by molar-refractivity contribution is 5.77. The monoisotopic (exact) mass is 214 g/mol. The lowest BCUT2D eigenvalue weighted by atomic mass is 9.69. The first kappa shape index (κ1) is 14.5. The van der Waals surface area contributed by atoms with Gasteiger partial charge >= 0.3 is 5.97 Å². The second-order valence-corrected chi connectivity index (χ2v) is 6.23. The summed E-state index contributed by atoms with van der Waals surface area (Å²) in [7, 11) is 0. The fraction of sp³-hybridized carbons (Fsp3) is 0.923. The van der Waals surface area contributed by atoms with Crippen LogP contribution < -0.4 is 0 Å². The van der Waals surface area contributed by atoms with E-state index < -0.39 is 5.41 Å². The van der Waals surface area contributed by atoms with Gasteiger partial charge in [-0.3, -0.25) is 4.79 Å². The molecule has 0 amide bonds. The molecule has 90 valence electrons. The summed E-state index contributed by atoms with van der Waals surface area (Å²) in [5, 5.41) is 0. The third-order valence-corrected chi connectivity index (χ3v) is 3.62. The maximum Gasteiger partial charge on any atom is 0.312 e. The SMILES string of the molecule is CC(C)C(C)OC(=O)C(C)(C)C(C)(C)C. The van der Waals surface area contributed by atoms with E-state index in [-0.39, 0.29) is 17.5 Å². The van der Waals surface area contributed by atoms with Crippen molar-refractivity contribution in [2.75, 3.05) is 0 Å². The molecule has 1 unspecified atom stereocenters. The molecule has 0 fully saturated rings. The minimum absolute atomic E-state index is 0.0147. The zero-order chi connectivity index (χ0) is 12.4. The maximum absolute atomic E-state index is 12.0. The van der Waals surface area contributed by atoms with Crippen molar-refractivity contribution in [2.24, 2.45) is 16.7 Å². The van der Waals surface area contributed by atoms with E-state index in [1.807, 2.05) is 20.8 Å². The Morgan fingerprint density at radius 1 is 1.00 bits per heavy atom. The lowest BCUT2D eigenvalue weighted by Gasteiger charge is -2.37. The van der Waals surface area contributed by atoms with Gasteiger partial charge in [-0.05, 0) is 32.1 Å². The van der Waals surface area contributed by atoms with Gasteiger partial charge in [-0.15, -0.1) is 0 Å². The van der Waals surface area contributed by atoms with Crippen molar-refractivity contribution in [1.29, 1.82) is 0 Å². The molecule has 15 heavy (non-hydrogen) atoms. The van der Waals surface area contributed by atoms with Gasteiger partial charge < -0.3 is 4.74 Å². The Hall–Kier alpha value is -0.530. The van der Waals surface area contributed by atoms with Gasteiger partial charge in [0.2, 0.25) is 0 Å². The van der Waals surface area contributed by atoms with E-state index in [2.05, 4.69) is 34.6 Å². The first-order valence-corrected chi connectivity index (χ1v) is 5.71. The van der Waals surface area contributed by atoms with E-state index in [4.69, 9.17) is 4.74 Å². The highest BCUT2D eigenvalue weighted by Gasteiger charge is 2.41. The summed E-state index contributed by atoms with van der Waals surface area (Å²) in [5.74, 6) is 0.265. The summed E-state index contributed by atoms with van der Waals surface area (Å²) in [6, 6.07) is 0. The molecule has 0 aliphatic carbocycles. The number of hydrogen-bond acceptors (Lipinski definition) is 2. The Morgan fingerprint density at radius 3 is 1.67 bits per heavy atom. The van der Waals surface area contributed by atoms with Crippen LogP contribution in [-0.4, -0.2) is 12.1 Å². The summed E-state index contributed by atoms with van der Waals surface area (Å²) in [6.45, 7) is 16.1. The first-order valence-electron chi connectivity index (χ1n) is 5.71. The van der Waals surface area contributed by atoms with Crippen LogP contribution in [0.4, 0.5) is 0 Å². The molecule has 0 saturated heterocycles. The van der Waals surface area contributed by atoms with Gasteiger partial charge in [-0.2, -0.15) is 0 Å². The molecule has 0 rings (SSSR count). The molecule has 0 aromatic heterocycles. The van der Waals surface area contributed by atoms with Crippen LogP contribution in [0.3, 0.4) is 0 Å². The lowest BCUT2D eigenvalue weighted by Crippen LogP contribution is -2.40. The maximum atomic E-state index is 12.0. The smallest absolute Gasteiger partial charge is 0.312 e. The Bertz CT molecular complexity index is 221. The van der Waals surface area contributed by atoms with E-state index in [1.165, 1.54) is 0 Å². The van der Waals surface area contributed by atoms with Gasteiger partial charge in [0.1, 0.15) is 6.10 Å². The van der Waals surface area contributed by atoms with E-state index in [0.717, 1.165) is 0 Å². The van der Waals surface area contributed by atoms with Crippen molar-refractivity contribution >= 4 is 5.97 Å². The van der Waals surface area contributed by atoms with Crippen LogP contribution in [0.25, 0.3) is 0 Å². The molecule has 1 atom stereocenters. The Kier molecular flexibility index (Phi) is 4.38. The van der Waals surface area contributed by atoms with Crippen molar-refractivity contribution in [3.8, 4) is 0 Å². The van der Waals surface area contributed by atoms with Crippen LogP contribution in [0.5, 0.6) is 0 Å². The van der Waals surface area contributed by atoms with Crippen LogP contribution >= 0.6 is 0 Å². The molecule has 0 heterocycles. The quantitative estimate of drug-likeness (QED) is 0.670. The minimum Gasteiger partial charge on any atom is -0.462 e. The van der Waals surface area contributed by atoms with E-state index in [0.29, 0.717) is 5.92 Å². The number of ether oxygens (including phenoxy) is 1. The summed E-state index contributed by atoms with van der Waals surface area (Å²) in [5.41, 5.74) is -0.531. The summed E-state index contributed by atoms with van der Waals surface area (Å²) in [4.78, 5) is 12.0. The molecule has 0 aliphatic heterocycles. The number of esters is 1. The van der Waals surface area contributed by atoms with Crippen molar-refractivity contribution in [1.82, 2.24) is 0 Å². The van der Waals surface area contributed by atoms with Crippen molar-refractivity contribution in [3.63, 3.8) is 0 Å². The van der Waals surface area contributed by atoms with E-state index in [9.17, 15) is 4.79 Å².